The van der Waals surface area contributed by atoms with Crippen LogP contribution in [-0.4, -0.2) is 30.8 Å². The number of hydrogen-bond acceptors (Lipinski definition) is 6. The van der Waals surface area contributed by atoms with Gasteiger partial charge < -0.3 is 15.4 Å². The van der Waals surface area contributed by atoms with Crippen molar-refractivity contribution in [1.29, 1.82) is 0 Å². The number of imide groups is 1. The summed E-state index contributed by atoms with van der Waals surface area (Å²) >= 11 is 6.17. The molecule has 1 heterocycles. The molecule has 3 aromatic rings. The number of benzene rings is 3. The molecule has 3 amide bonds. The predicted octanol–water partition coefficient (Wildman–Crippen LogP) is 4.23. The molecule has 0 aliphatic carbocycles. The Morgan fingerprint density at radius 1 is 0.972 bits per heavy atom. The van der Waals surface area contributed by atoms with Gasteiger partial charge in [-0.25, -0.2) is 14.1 Å². The van der Waals surface area contributed by atoms with Crippen LogP contribution in [-0.2, 0) is 25.5 Å². The van der Waals surface area contributed by atoms with Crippen molar-refractivity contribution in [3.05, 3.63) is 100 Å². The number of nitrogens with one attached hydrogen (secondary N) is 2. The van der Waals surface area contributed by atoms with E-state index in [1.165, 1.54) is 49.6 Å². The number of esters is 1. The number of carbonyl (C=O) groups excluding carboxylic acids is 4. The largest absolute Gasteiger partial charge is 0.465 e. The Kier molecular flexibility index (Phi) is 7.12. The van der Waals surface area contributed by atoms with Gasteiger partial charge in [0.25, 0.3) is 11.8 Å². The van der Waals surface area contributed by atoms with Crippen molar-refractivity contribution >= 4 is 52.4 Å². The van der Waals surface area contributed by atoms with E-state index >= 15 is 0 Å². The molecule has 1 aliphatic rings. The zero-order valence-corrected chi connectivity index (χ0v) is 19.6. The summed E-state index contributed by atoms with van der Waals surface area (Å²) in [6.45, 7) is 0. The van der Waals surface area contributed by atoms with Gasteiger partial charge in [0, 0.05) is 5.69 Å². The molecule has 0 spiro atoms. The van der Waals surface area contributed by atoms with Crippen molar-refractivity contribution in [2.24, 2.45) is 0 Å². The van der Waals surface area contributed by atoms with E-state index in [4.69, 9.17) is 11.6 Å². The predicted molar refractivity (Wildman–Crippen MR) is 132 cm³/mol. The number of nitrogens with zero attached hydrogens (tertiary/aromatic N) is 1. The summed E-state index contributed by atoms with van der Waals surface area (Å²) in [5.74, 6) is -2.98. The third kappa shape index (κ3) is 5.11. The molecule has 0 bridgehead atoms. The minimum atomic E-state index is -0.743. The van der Waals surface area contributed by atoms with Gasteiger partial charge in [-0.15, -0.1) is 0 Å². The van der Waals surface area contributed by atoms with Gasteiger partial charge in [-0.05, 0) is 48.0 Å². The number of anilines is 3. The van der Waals surface area contributed by atoms with Gasteiger partial charge in [0.2, 0.25) is 5.91 Å². The number of halogens is 2. The van der Waals surface area contributed by atoms with Crippen LogP contribution in [0.1, 0.15) is 15.9 Å². The number of rotatable bonds is 7. The van der Waals surface area contributed by atoms with E-state index in [1.807, 2.05) is 0 Å². The molecule has 182 valence electrons. The molecule has 0 unspecified atom stereocenters. The lowest BCUT2D eigenvalue weighted by molar-refractivity contribution is -0.120. The van der Waals surface area contributed by atoms with Gasteiger partial charge in [-0.2, -0.15) is 0 Å². The van der Waals surface area contributed by atoms with Crippen LogP contribution in [0.25, 0.3) is 0 Å². The fraction of sp³-hybridized carbons (Fsp3) is 0.0769. The fourth-order valence-corrected chi connectivity index (χ4v) is 3.74. The molecule has 2 N–H and O–H groups in total. The molecule has 0 saturated carbocycles. The summed E-state index contributed by atoms with van der Waals surface area (Å²) in [4.78, 5) is 50.6. The van der Waals surface area contributed by atoms with Crippen molar-refractivity contribution < 1.29 is 28.3 Å². The molecular formula is C26H19ClFN3O5. The van der Waals surface area contributed by atoms with Gasteiger partial charge >= 0.3 is 5.97 Å². The number of amides is 3. The summed E-state index contributed by atoms with van der Waals surface area (Å²) in [5.41, 5.74) is 1.39. The molecule has 3 aromatic carbocycles. The second-order valence-electron chi connectivity index (χ2n) is 7.70. The van der Waals surface area contributed by atoms with E-state index < -0.39 is 29.5 Å². The van der Waals surface area contributed by atoms with Crippen LogP contribution in [0.3, 0.4) is 0 Å². The summed E-state index contributed by atoms with van der Waals surface area (Å²) in [6.07, 6.45) is -0.000202. The summed E-state index contributed by atoms with van der Waals surface area (Å²) < 4.78 is 18.4. The highest BCUT2D eigenvalue weighted by atomic mass is 35.5. The molecular weight excluding hydrogens is 489 g/mol. The minimum Gasteiger partial charge on any atom is -0.465 e. The summed E-state index contributed by atoms with van der Waals surface area (Å²) in [7, 11) is 1.22. The average molecular weight is 508 g/mol. The van der Waals surface area contributed by atoms with Gasteiger partial charge in [0.1, 0.15) is 16.5 Å². The van der Waals surface area contributed by atoms with Crippen molar-refractivity contribution in [3.8, 4) is 0 Å². The first-order valence-corrected chi connectivity index (χ1v) is 11.0. The Labute approximate surface area is 210 Å². The van der Waals surface area contributed by atoms with Crippen LogP contribution in [0.4, 0.5) is 21.5 Å². The van der Waals surface area contributed by atoms with Crippen LogP contribution < -0.4 is 15.5 Å². The second kappa shape index (κ2) is 10.4. The maximum atomic E-state index is 13.7. The summed E-state index contributed by atoms with van der Waals surface area (Å²) in [5, 5.41) is 5.04. The van der Waals surface area contributed by atoms with Crippen LogP contribution in [0.15, 0.2) is 83.5 Å². The molecule has 10 heteroatoms. The van der Waals surface area contributed by atoms with Crippen LogP contribution in [0.5, 0.6) is 0 Å². The monoisotopic (exact) mass is 507 g/mol. The highest BCUT2D eigenvalue weighted by Gasteiger charge is 2.39. The van der Waals surface area contributed by atoms with E-state index in [2.05, 4.69) is 15.4 Å². The lowest BCUT2D eigenvalue weighted by atomic mass is 10.1. The van der Waals surface area contributed by atoms with Gasteiger partial charge in [-0.3, -0.25) is 14.4 Å². The van der Waals surface area contributed by atoms with Gasteiger partial charge in [-0.1, -0.05) is 41.9 Å². The molecule has 0 radical (unpaired) electrons. The van der Waals surface area contributed by atoms with Crippen LogP contribution >= 0.6 is 11.6 Å². The van der Waals surface area contributed by atoms with Gasteiger partial charge in [0.15, 0.2) is 0 Å². The van der Waals surface area contributed by atoms with E-state index in [0.717, 1.165) is 4.90 Å². The SMILES string of the molecule is COC(=O)c1cccc(N2C(=O)C(Cl)=C(Nc3ccc(CC(=O)Nc4ccccc4F)cc3)C2=O)c1. The fourth-order valence-electron chi connectivity index (χ4n) is 3.53. The van der Waals surface area contributed by atoms with Crippen LogP contribution in [0.2, 0.25) is 0 Å². The number of ether oxygens (including phenoxy) is 1. The maximum absolute atomic E-state index is 13.7. The van der Waals surface area contributed by atoms with E-state index in [9.17, 15) is 23.6 Å². The third-order valence-electron chi connectivity index (χ3n) is 5.29. The molecule has 8 nitrogen and oxygen atoms in total. The Morgan fingerprint density at radius 2 is 1.69 bits per heavy atom. The molecule has 0 fully saturated rings. The van der Waals surface area contributed by atoms with Gasteiger partial charge in [0.05, 0.1) is 30.5 Å². The topological polar surface area (TPSA) is 105 Å². The average Bonchev–Trinajstić information content (AvgIpc) is 3.09. The standard InChI is InChI=1S/C26H19ClFN3O5/c1-36-26(35)16-5-4-6-18(14-16)31-24(33)22(27)23(25(31)34)29-17-11-9-15(10-12-17)13-21(32)30-20-8-3-2-7-19(20)28/h2-12,14,29H,13H2,1H3,(H,30,32). The number of methoxy groups -OCH3 is 1. The number of carbonyl (C=O) groups is 4. The lowest BCUT2D eigenvalue weighted by Crippen LogP contribution is -2.32. The minimum absolute atomic E-state index is 0.000202. The first-order chi connectivity index (χ1) is 17.3. The smallest absolute Gasteiger partial charge is 0.337 e. The Balaban J connectivity index is 1.44. The molecule has 36 heavy (non-hydrogen) atoms. The Morgan fingerprint density at radius 3 is 2.39 bits per heavy atom. The van der Waals surface area contributed by atoms with E-state index in [1.54, 1.807) is 30.3 Å². The highest BCUT2D eigenvalue weighted by molar-refractivity contribution is 6.53. The third-order valence-corrected chi connectivity index (χ3v) is 5.64. The van der Waals surface area contributed by atoms with Crippen LogP contribution in [0, 0.1) is 5.82 Å². The van der Waals surface area contributed by atoms with E-state index in [-0.39, 0.29) is 34.1 Å². The normalized spacial score (nSPS) is 13.1. The number of para-hydroxylation sites is 1. The van der Waals surface area contributed by atoms with Crippen molar-refractivity contribution in [2.45, 2.75) is 6.42 Å². The molecule has 0 atom stereocenters. The van der Waals surface area contributed by atoms with E-state index in [0.29, 0.717) is 11.3 Å². The zero-order chi connectivity index (χ0) is 25.8. The molecule has 0 aromatic heterocycles. The first kappa shape index (κ1) is 24.6. The van der Waals surface area contributed by atoms with Crippen molar-refractivity contribution in [3.63, 3.8) is 0 Å². The lowest BCUT2D eigenvalue weighted by Gasteiger charge is -2.16. The molecule has 0 saturated heterocycles. The number of hydrogen-bond donors (Lipinski definition) is 2. The second-order valence-corrected chi connectivity index (χ2v) is 8.08. The summed E-state index contributed by atoms with van der Waals surface area (Å²) in [6, 6.07) is 18.2. The Hall–Kier alpha value is -4.50. The molecule has 1 aliphatic heterocycles. The maximum Gasteiger partial charge on any atom is 0.337 e. The highest BCUT2D eigenvalue weighted by Crippen LogP contribution is 2.30. The Bertz CT molecular complexity index is 1400. The zero-order valence-electron chi connectivity index (χ0n) is 18.9. The van der Waals surface area contributed by atoms with Crippen molar-refractivity contribution in [2.75, 3.05) is 22.6 Å². The quantitative estimate of drug-likeness (QED) is 0.366. The first-order valence-electron chi connectivity index (χ1n) is 10.7. The molecule has 4 rings (SSSR count). The van der Waals surface area contributed by atoms with Crippen molar-refractivity contribution in [1.82, 2.24) is 0 Å².